The third-order valence-electron chi connectivity index (χ3n) is 6.05. The van der Waals surface area contributed by atoms with Crippen LogP contribution in [0, 0.1) is 5.92 Å². The monoisotopic (exact) mass is 465 g/mol. The number of aromatic nitrogens is 1. The minimum Gasteiger partial charge on any atom is -0.487 e. The van der Waals surface area contributed by atoms with E-state index < -0.39 is 11.8 Å². The summed E-state index contributed by atoms with van der Waals surface area (Å²) in [6.07, 6.45) is 1.75. The van der Waals surface area contributed by atoms with E-state index in [1.165, 1.54) is 0 Å². The van der Waals surface area contributed by atoms with Crippen LogP contribution in [0.2, 0.25) is 0 Å². The molecular formula is C26H28ClN3O3. The fourth-order valence-electron chi connectivity index (χ4n) is 3.65. The first kappa shape index (κ1) is 24.4. The van der Waals surface area contributed by atoms with Crippen molar-refractivity contribution in [2.75, 3.05) is 5.88 Å². The highest BCUT2D eigenvalue weighted by atomic mass is 35.5. The highest BCUT2D eigenvalue weighted by molar-refractivity contribution is 6.28. The van der Waals surface area contributed by atoms with Gasteiger partial charge in [-0.2, -0.15) is 0 Å². The number of imide groups is 1. The van der Waals surface area contributed by atoms with Gasteiger partial charge in [-0.15, -0.1) is 11.6 Å². The molecule has 2 aromatic carbocycles. The number of pyridine rings is 1. The lowest BCUT2D eigenvalue weighted by atomic mass is 9.68. The molecule has 2 amide bonds. The van der Waals surface area contributed by atoms with E-state index in [9.17, 15) is 9.59 Å². The smallest absolute Gasteiger partial charge is 0.274 e. The number of hydrazine groups is 1. The molecule has 0 spiro atoms. The van der Waals surface area contributed by atoms with Crippen LogP contribution in [0.1, 0.15) is 48.0 Å². The number of alkyl halides is 1. The number of carbonyl (C=O) groups excluding carboxylic acids is 2. The summed E-state index contributed by atoms with van der Waals surface area (Å²) in [6, 6.07) is 20.9. The Morgan fingerprint density at radius 3 is 2.15 bits per heavy atom. The maximum Gasteiger partial charge on any atom is 0.274 e. The summed E-state index contributed by atoms with van der Waals surface area (Å²) < 4.78 is 5.87. The van der Waals surface area contributed by atoms with Crippen molar-refractivity contribution in [3.8, 4) is 5.75 Å². The minimum absolute atomic E-state index is 0.267. The molecule has 1 unspecified atom stereocenters. The molecule has 0 aliphatic heterocycles. The van der Waals surface area contributed by atoms with Gasteiger partial charge in [-0.1, -0.05) is 51.1 Å². The van der Waals surface area contributed by atoms with Crippen molar-refractivity contribution in [2.24, 2.45) is 11.8 Å². The van der Waals surface area contributed by atoms with Gasteiger partial charge in [0, 0.05) is 17.2 Å². The molecule has 0 aliphatic rings. The zero-order valence-corrected chi connectivity index (χ0v) is 19.8. The van der Waals surface area contributed by atoms with Crippen LogP contribution < -0.4 is 10.6 Å². The van der Waals surface area contributed by atoms with Crippen molar-refractivity contribution in [1.82, 2.24) is 9.99 Å². The Hall–Kier alpha value is -3.22. The van der Waals surface area contributed by atoms with Gasteiger partial charge < -0.3 is 4.74 Å². The van der Waals surface area contributed by atoms with E-state index in [1.54, 1.807) is 18.3 Å². The van der Waals surface area contributed by atoms with Crippen molar-refractivity contribution < 1.29 is 14.3 Å². The summed E-state index contributed by atoms with van der Waals surface area (Å²) >= 11 is 5.49. The lowest BCUT2D eigenvalue weighted by Gasteiger charge is -2.35. The number of hydrogen-bond donors (Lipinski definition) is 1. The fourth-order valence-corrected chi connectivity index (χ4v) is 3.78. The number of nitrogens with zero attached hydrogens (tertiary/aromatic N) is 2. The topological polar surface area (TPSA) is 85.5 Å². The SMILES string of the molecule is CC(C)C(C)(c1ccc(OCc2ccccn2)cc1)c1ccc(C(=O)N(N)C(=O)CCl)cc1. The van der Waals surface area contributed by atoms with Crippen LogP contribution >= 0.6 is 11.6 Å². The Morgan fingerprint density at radius 2 is 1.64 bits per heavy atom. The second-order valence-corrected chi connectivity index (χ2v) is 8.54. The zero-order valence-electron chi connectivity index (χ0n) is 19.0. The molecule has 6 nitrogen and oxygen atoms in total. The molecule has 0 radical (unpaired) electrons. The molecule has 3 aromatic rings. The number of carbonyl (C=O) groups is 2. The fraction of sp³-hybridized carbons (Fsp3) is 0.269. The van der Waals surface area contributed by atoms with Gasteiger partial charge in [0.25, 0.3) is 11.8 Å². The molecule has 7 heteroatoms. The Kier molecular flexibility index (Phi) is 7.84. The average Bonchev–Trinajstić information content (AvgIpc) is 2.86. The first-order valence-electron chi connectivity index (χ1n) is 10.7. The summed E-state index contributed by atoms with van der Waals surface area (Å²) in [5.74, 6) is 5.02. The molecular weight excluding hydrogens is 438 g/mol. The second kappa shape index (κ2) is 10.6. The Balaban J connectivity index is 1.80. The maximum absolute atomic E-state index is 12.4. The Bertz CT molecular complexity index is 1090. The van der Waals surface area contributed by atoms with Crippen LogP contribution in [-0.2, 0) is 16.8 Å². The molecule has 0 fully saturated rings. The predicted molar refractivity (Wildman–Crippen MR) is 129 cm³/mol. The van der Waals surface area contributed by atoms with Crippen LogP contribution in [0.25, 0.3) is 0 Å². The molecule has 1 aromatic heterocycles. The minimum atomic E-state index is -0.650. The van der Waals surface area contributed by atoms with Gasteiger partial charge in [0.05, 0.1) is 5.69 Å². The van der Waals surface area contributed by atoms with Crippen LogP contribution in [0.5, 0.6) is 5.75 Å². The number of hydrogen-bond acceptors (Lipinski definition) is 5. The van der Waals surface area contributed by atoms with Crippen molar-refractivity contribution in [3.05, 3.63) is 95.3 Å². The Morgan fingerprint density at radius 1 is 1.03 bits per heavy atom. The Labute approximate surface area is 199 Å². The molecule has 0 bridgehead atoms. The molecule has 172 valence electrons. The molecule has 1 atom stereocenters. The summed E-state index contributed by atoms with van der Waals surface area (Å²) in [4.78, 5) is 28.3. The van der Waals surface area contributed by atoms with E-state index in [0.717, 1.165) is 22.6 Å². The van der Waals surface area contributed by atoms with Gasteiger partial charge in [0.1, 0.15) is 18.2 Å². The van der Waals surface area contributed by atoms with Gasteiger partial charge in [0.2, 0.25) is 0 Å². The van der Waals surface area contributed by atoms with Gasteiger partial charge in [-0.3, -0.25) is 14.6 Å². The van der Waals surface area contributed by atoms with Crippen molar-refractivity contribution in [1.29, 1.82) is 0 Å². The van der Waals surface area contributed by atoms with Crippen LogP contribution in [0.3, 0.4) is 0 Å². The number of amides is 2. The number of halogens is 1. The number of ether oxygens (including phenoxy) is 1. The molecule has 3 rings (SSSR count). The van der Waals surface area contributed by atoms with Crippen LogP contribution in [0.15, 0.2) is 72.9 Å². The van der Waals surface area contributed by atoms with Crippen LogP contribution in [-0.4, -0.2) is 27.7 Å². The van der Waals surface area contributed by atoms with Gasteiger partial charge in [-0.05, 0) is 53.4 Å². The quantitative estimate of drug-likeness (QED) is 0.225. The average molecular weight is 466 g/mol. The summed E-state index contributed by atoms with van der Waals surface area (Å²) in [5, 5.41) is 0.549. The van der Waals surface area contributed by atoms with Gasteiger partial charge >= 0.3 is 0 Å². The number of benzene rings is 2. The largest absolute Gasteiger partial charge is 0.487 e. The standard InChI is InChI=1S/C26H28ClN3O3/c1-18(2)26(3,20-9-7-19(8-10-20)25(32)30(28)24(31)16-27)21-11-13-23(14-12-21)33-17-22-6-4-5-15-29-22/h4-15,18H,16-17,28H2,1-3H3. The summed E-state index contributed by atoms with van der Waals surface area (Å²) in [6.45, 7) is 6.89. The molecule has 2 N–H and O–H groups in total. The highest BCUT2D eigenvalue weighted by Gasteiger charge is 2.33. The normalized spacial score (nSPS) is 12.8. The molecule has 33 heavy (non-hydrogen) atoms. The molecule has 0 saturated carbocycles. The number of rotatable bonds is 8. The maximum atomic E-state index is 12.4. The molecule has 0 saturated heterocycles. The highest BCUT2D eigenvalue weighted by Crippen LogP contribution is 2.39. The number of nitrogens with two attached hydrogens (primary N) is 1. The lowest BCUT2D eigenvalue weighted by Crippen LogP contribution is -2.43. The predicted octanol–water partition coefficient (Wildman–Crippen LogP) is 4.70. The summed E-state index contributed by atoms with van der Waals surface area (Å²) in [5.41, 5.74) is 3.05. The van der Waals surface area contributed by atoms with E-state index in [0.29, 0.717) is 17.2 Å². The van der Waals surface area contributed by atoms with Crippen molar-refractivity contribution in [3.63, 3.8) is 0 Å². The second-order valence-electron chi connectivity index (χ2n) is 8.27. The third-order valence-corrected chi connectivity index (χ3v) is 6.28. The van der Waals surface area contributed by atoms with E-state index in [4.69, 9.17) is 22.2 Å². The van der Waals surface area contributed by atoms with Crippen molar-refractivity contribution >= 4 is 23.4 Å². The van der Waals surface area contributed by atoms with Crippen LogP contribution in [0.4, 0.5) is 0 Å². The lowest BCUT2D eigenvalue weighted by molar-refractivity contribution is -0.126. The zero-order chi connectivity index (χ0) is 24.0. The molecule has 1 heterocycles. The van der Waals surface area contributed by atoms with Crippen molar-refractivity contribution in [2.45, 2.75) is 32.8 Å². The summed E-state index contributed by atoms with van der Waals surface area (Å²) in [7, 11) is 0. The molecule has 0 aliphatic carbocycles. The van der Waals surface area contributed by atoms with Gasteiger partial charge in [0.15, 0.2) is 0 Å². The van der Waals surface area contributed by atoms with E-state index in [2.05, 4.69) is 37.9 Å². The van der Waals surface area contributed by atoms with E-state index >= 15 is 0 Å². The van der Waals surface area contributed by atoms with E-state index in [-0.39, 0.29) is 17.2 Å². The third kappa shape index (κ3) is 5.41. The first-order valence-corrected chi connectivity index (χ1v) is 11.2. The van der Waals surface area contributed by atoms with E-state index in [1.807, 2.05) is 42.5 Å². The van der Waals surface area contributed by atoms with Gasteiger partial charge in [-0.25, -0.2) is 10.9 Å². The first-order chi connectivity index (χ1) is 15.8.